The molecule has 0 aliphatic carbocycles. The molecule has 0 aliphatic rings. The fourth-order valence-corrected chi connectivity index (χ4v) is 2.31. The predicted octanol–water partition coefficient (Wildman–Crippen LogP) is 3.29. The van der Waals surface area contributed by atoms with Gasteiger partial charge in [-0.3, -0.25) is 9.59 Å². The average Bonchev–Trinajstić information content (AvgIpc) is 3.09. The molecule has 0 radical (unpaired) electrons. The van der Waals surface area contributed by atoms with Gasteiger partial charge in [-0.2, -0.15) is 4.98 Å². The summed E-state index contributed by atoms with van der Waals surface area (Å²) in [5.74, 6) is 1.20. The van der Waals surface area contributed by atoms with Crippen molar-refractivity contribution >= 4 is 17.5 Å². The summed E-state index contributed by atoms with van der Waals surface area (Å²) in [6, 6.07) is 6.92. The Morgan fingerprint density at radius 3 is 2.77 bits per heavy atom. The summed E-state index contributed by atoms with van der Waals surface area (Å²) in [6.07, 6.45) is 2.39. The third-order valence-corrected chi connectivity index (χ3v) is 3.74. The summed E-state index contributed by atoms with van der Waals surface area (Å²) in [4.78, 5) is 28.4. The van der Waals surface area contributed by atoms with Crippen LogP contribution in [0.4, 0.5) is 5.69 Å². The minimum atomic E-state index is -0.139. The number of carbonyl (C=O) groups is 2. The number of aromatic nitrogens is 2. The molecule has 0 saturated heterocycles. The number of nitrogens with one attached hydrogen (secondary N) is 2. The molecule has 0 fully saturated rings. The number of benzene rings is 1. The predicted molar refractivity (Wildman–Crippen MR) is 99.0 cm³/mol. The van der Waals surface area contributed by atoms with Gasteiger partial charge in [0, 0.05) is 36.6 Å². The van der Waals surface area contributed by atoms with E-state index in [1.165, 1.54) is 0 Å². The van der Waals surface area contributed by atoms with Gasteiger partial charge in [0.15, 0.2) is 5.82 Å². The Kier molecular flexibility index (Phi) is 7.32. The number of hydrogen-bond acceptors (Lipinski definition) is 5. The van der Waals surface area contributed by atoms with E-state index in [0.717, 1.165) is 6.42 Å². The summed E-state index contributed by atoms with van der Waals surface area (Å²) in [6.45, 7) is 6.62. The lowest BCUT2D eigenvalue weighted by atomic mass is 10.1. The standard InChI is InChI=1S/C19H26N4O3/c1-4-11-20-19(25)14-7-5-8-15(12-14)21-16(24)9-6-10-17-22-18(13(2)3)23-26-17/h5,7-8,12-13H,4,6,9-11H2,1-3H3,(H,20,25)(H,21,24). The van der Waals surface area contributed by atoms with E-state index < -0.39 is 0 Å². The van der Waals surface area contributed by atoms with Gasteiger partial charge in [-0.1, -0.05) is 32.0 Å². The quantitative estimate of drug-likeness (QED) is 0.717. The van der Waals surface area contributed by atoms with Crippen molar-refractivity contribution in [2.24, 2.45) is 0 Å². The van der Waals surface area contributed by atoms with E-state index in [1.54, 1.807) is 24.3 Å². The highest BCUT2D eigenvalue weighted by Gasteiger charge is 2.11. The zero-order chi connectivity index (χ0) is 18.9. The number of nitrogens with zero attached hydrogens (tertiary/aromatic N) is 2. The second kappa shape index (κ2) is 9.70. The fraction of sp³-hybridized carbons (Fsp3) is 0.474. The Labute approximate surface area is 153 Å². The normalized spacial score (nSPS) is 10.8. The van der Waals surface area contributed by atoms with Gasteiger partial charge >= 0.3 is 0 Å². The number of carbonyl (C=O) groups excluding carboxylic acids is 2. The zero-order valence-electron chi connectivity index (χ0n) is 15.5. The van der Waals surface area contributed by atoms with Gasteiger partial charge in [-0.25, -0.2) is 0 Å². The van der Waals surface area contributed by atoms with Crippen molar-refractivity contribution in [2.45, 2.75) is 52.4 Å². The number of rotatable bonds is 9. The Morgan fingerprint density at radius 2 is 2.08 bits per heavy atom. The molecule has 140 valence electrons. The monoisotopic (exact) mass is 358 g/mol. The highest BCUT2D eigenvalue weighted by atomic mass is 16.5. The lowest BCUT2D eigenvalue weighted by Crippen LogP contribution is -2.24. The number of aryl methyl sites for hydroxylation is 1. The Balaban J connectivity index is 1.80. The number of hydrogen-bond donors (Lipinski definition) is 2. The van der Waals surface area contributed by atoms with Gasteiger partial charge in [0.25, 0.3) is 5.91 Å². The van der Waals surface area contributed by atoms with Crippen molar-refractivity contribution in [1.82, 2.24) is 15.5 Å². The van der Waals surface area contributed by atoms with E-state index in [2.05, 4.69) is 20.8 Å². The largest absolute Gasteiger partial charge is 0.352 e. The second-order valence-electron chi connectivity index (χ2n) is 6.44. The van der Waals surface area contributed by atoms with Crippen LogP contribution in [0.1, 0.15) is 68.0 Å². The molecule has 0 aliphatic heterocycles. The lowest BCUT2D eigenvalue weighted by molar-refractivity contribution is -0.116. The van der Waals surface area contributed by atoms with Crippen LogP contribution in [-0.4, -0.2) is 28.5 Å². The van der Waals surface area contributed by atoms with Crippen LogP contribution in [0.3, 0.4) is 0 Å². The van der Waals surface area contributed by atoms with Gasteiger partial charge in [0.2, 0.25) is 11.8 Å². The van der Waals surface area contributed by atoms with Crippen LogP contribution >= 0.6 is 0 Å². The molecule has 7 heteroatoms. The molecule has 1 aromatic heterocycles. The second-order valence-corrected chi connectivity index (χ2v) is 6.44. The fourth-order valence-electron chi connectivity index (χ4n) is 2.31. The van der Waals surface area contributed by atoms with E-state index in [0.29, 0.717) is 48.8 Å². The Bertz CT molecular complexity index is 740. The molecule has 2 rings (SSSR count). The maximum Gasteiger partial charge on any atom is 0.251 e. The van der Waals surface area contributed by atoms with Crippen molar-refractivity contribution < 1.29 is 14.1 Å². The van der Waals surface area contributed by atoms with Gasteiger partial charge in [-0.15, -0.1) is 0 Å². The first kappa shape index (κ1) is 19.6. The van der Waals surface area contributed by atoms with Crippen molar-refractivity contribution in [3.8, 4) is 0 Å². The summed E-state index contributed by atoms with van der Waals surface area (Å²) in [5.41, 5.74) is 1.14. The SMILES string of the molecule is CCCNC(=O)c1cccc(NC(=O)CCCc2nc(C(C)C)no2)c1. The van der Waals surface area contributed by atoms with E-state index in [4.69, 9.17) is 4.52 Å². The maximum absolute atomic E-state index is 12.1. The summed E-state index contributed by atoms with van der Waals surface area (Å²) in [7, 11) is 0. The Hall–Kier alpha value is -2.70. The van der Waals surface area contributed by atoms with Crippen LogP contribution < -0.4 is 10.6 Å². The third kappa shape index (κ3) is 5.98. The minimum Gasteiger partial charge on any atom is -0.352 e. The molecule has 1 aromatic carbocycles. The molecule has 2 N–H and O–H groups in total. The summed E-state index contributed by atoms with van der Waals surface area (Å²) < 4.78 is 5.16. The number of amides is 2. The first-order valence-electron chi connectivity index (χ1n) is 9.00. The van der Waals surface area contributed by atoms with Crippen LogP contribution in [0.15, 0.2) is 28.8 Å². The summed E-state index contributed by atoms with van der Waals surface area (Å²) in [5, 5.41) is 9.54. The molecular weight excluding hydrogens is 332 g/mol. The van der Waals surface area contributed by atoms with Crippen molar-refractivity contribution in [2.75, 3.05) is 11.9 Å². The smallest absolute Gasteiger partial charge is 0.251 e. The molecule has 0 bridgehead atoms. The highest BCUT2D eigenvalue weighted by Crippen LogP contribution is 2.13. The van der Waals surface area contributed by atoms with E-state index in [1.807, 2.05) is 20.8 Å². The van der Waals surface area contributed by atoms with Crippen molar-refractivity contribution in [3.05, 3.63) is 41.5 Å². The highest BCUT2D eigenvalue weighted by molar-refractivity contribution is 5.97. The maximum atomic E-state index is 12.1. The van der Waals surface area contributed by atoms with Crippen LogP contribution in [0.5, 0.6) is 0 Å². The van der Waals surface area contributed by atoms with Gasteiger partial charge in [-0.05, 0) is 31.0 Å². The van der Waals surface area contributed by atoms with Crippen LogP contribution in [0, 0.1) is 0 Å². The van der Waals surface area contributed by atoms with Gasteiger partial charge in [0.05, 0.1) is 0 Å². The molecule has 2 amide bonds. The third-order valence-electron chi connectivity index (χ3n) is 3.74. The molecule has 0 atom stereocenters. The topological polar surface area (TPSA) is 97.1 Å². The Morgan fingerprint density at radius 1 is 1.27 bits per heavy atom. The molecule has 0 saturated carbocycles. The minimum absolute atomic E-state index is 0.111. The van der Waals surface area contributed by atoms with Crippen molar-refractivity contribution in [1.29, 1.82) is 0 Å². The van der Waals surface area contributed by atoms with E-state index in [-0.39, 0.29) is 17.7 Å². The van der Waals surface area contributed by atoms with Crippen LogP contribution in [-0.2, 0) is 11.2 Å². The average molecular weight is 358 g/mol. The van der Waals surface area contributed by atoms with E-state index in [9.17, 15) is 9.59 Å². The molecule has 1 heterocycles. The van der Waals surface area contributed by atoms with Crippen LogP contribution in [0.2, 0.25) is 0 Å². The lowest BCUT2D eigenvalue weighted by Gasteiger charge is -2.07. The van der Waals surface area contributed by atoms with E-state index >= 15 is 0 Å². The van der Waals surface area contributed by atoms with Gasteiger partial charge in [0.1, 0.15) is 0 Å². The molecule has 7 nitrogen and oxygen atoms in total. The number of anilines is 1. The summed E-state index contributed by atoms with van der Waals surface area (Å²) >= 11 is 0. The molecule has 2 aromatic rings. The molecular formula is C19H26N4O3. The first-order valence-corrected chi connectivity index (χ1v) is 9.00. The first-order chi connectivity index (χ1) is 12.5. The zero-order valence-corrected chi connectivity index (χ0v) is 15.5. The van der Waals surface area contributed by atoms with Gasteiger partial charge < -0.3 is 15.2 Å². The molecule has 26 heavy (non-hydrogen) atoms. The van der Waals surface area contributed by atoms with Crippen LogP contribution in [0.25, 0.3) is 0 Å². The molecule has 0 spiro atoms. The molecule has 0 unspecified atom stereocenters. The van der Waals surface area contributed by atoms with Crippen molar-refractivity contribution in [3.63, 3.8) is 0 Å².